The molecule has 0 spiro atoms. The van der Waals surface area contributed by atoms with Crippen molar-refractivity contribution in [2.75, 3.05) is 38.8 Å². The Morgan fingerprint density at radius 3 is 2.24 bits per heavy atom. The van der Waals surface area contributed by atoms with Gasteiger partial charge in [-0.2, -0.15) is 13.2 Å². The zero-order valence-electron chi connectivity index (χ0n) is 28.4. The number of amides is 3. The van der Waals surface area contributed by atoms with Crippen LogP contribution in [0.25, 0.3) is 11.3 Å². The number of aliphatic hydroxyl groups is 1. The van der Waals surface area contributed by atoms with Crippen LogP contribution in [-0.2, 0) is 20.7 Å². The molecule has 2 atom stereocenters. The molecule has 2 aromatic carbocycles. The summed E-state index contributed by atoms with van der Waals surface area (Å²) < 4.78 is 74.6. The number of nitrogens with zero attached hydrogens (tertiary/aromatic N) is 2. The van der Waals surface area contributed by atoms with Crippen molar-refractivity contribution in [2.45, 2.75) is 50.6 Å². The minimum atomic E-state index is -5.38. The van der Waals surface area contributed by atoms with Gasteiger partial charge in [-0.25, -0.2) is 14.2 Å². The van der Waals surface area contributed by atoms with Crippen LogP contribution in [-0.4, -0.2) is 73.6 Å². The molecule has 1 aliphatic rings. The Morgan fingerprint density at radius 2 is 1.71 bits per heavy atom. The van der Waals surface area contributed by atoms with E-state index in [0.717, 1.165) is 18.2 Å². The van der Waals surface area contributed by atoms with E-state index in [2.05, 4.69) is 25.4 Å². The van der Waals surface area contributed by atoms with E-state index in [0.29, 0.717) is 0 Å². The van der Waals surface area contributed by atoms with Crippen LogP contribution in [0.1, 0.15) is 49.3 Å². The molecule has 1 aliphatic heterocycles. The van der Waals surface area contributed by atoms with Crippen LogP contribution in [0.2, 0.25) is 0 Å². The van der Waals surface area contributed by atoms with Crippen LogP contribution in [0.4, 0.5) is 28.0 Å². The van der Waals surface area contributed by atoms with E-state index < -0.39 is 65.5 Å². The Bertz CT molecular complexity index is 1760. The van der Waals surface area contributed by atoms with Crippen molar-refractivity contribution < 1.29 is 51.3 Å². The maximum atomic E-state index is 14.9. The van der Waals surface area contributed by atoms with Gasteiger partial charge in [0.15, 0.2) is 18.1 Å². The maximum absolute atomic E-state index is 14.9. The van der Waals surface area contributed by atoms with Crippen LogP contribution in [0.15, 0.2) is 48.5 Å². The third kappa shape index (κ3) is 9.32. The second-order valence-electron chi connectivity index (χ2n) is 12.6. The van der Waals surface area contributed by atoms with Crippen LogP contribution in [0, 0.1) is 5.82 Å². The van der Waals surface area contributed by atoms with Crippen molar-refractivity contribution in [3.05, 3.63) is 71.2 Å². The SMILES string of the molecule is CN[C@]1(C)CN(C(=O)OC(C)(C)C)c2c1cc(C(O)(CNC(=O)c1ccc(OCC(N)=O)c(OC)c1)C(F)(F)F)nc2-c1ccc(F)cc1.SI. The number of methoxy groups -OCH3 is 1. The van der Waals surface area contributed by atoms with Crippen LogP contribution in [0.5, 0.6) is 11.5 Å². The second kappa shape index (κ2) is 16.2. The summed E-state index contributed by atoms with van der Waals surface area (Å²) >= 11 is 1.84. The van der Waals surface area contributed by atoms with Gasteiger partial charge in [0.05, 0.1) is 42.8 Å². The molecule has 0 aliphatic carbocycles. The summed E-state index contributed by atoms with van der Waals surface area (Å²) in [6.07, 6.45) is -6.18. The van der Waals surface area contributed by atoms with E-state index in [-0.39, 0.29) is 46.1 Å². The summed E-state index contributed by atoms with van der Waals surface area (Å²) in [4.78, 5) is 43.1. The smallest absolute Gasteiger partial charge is 0.424 e. The van der Waals surface area contributed by atoms with Crippen molar-refractivity contribution in [1.82, 2.24) is 15.6 Å². The molecule has 51 heavy (non-hydrogen) atoms. The predicted octanol–water partition coefficient (Wildman–Crippen LogP) is 5.40. The van der Waals surface area contributed by atoms with Crippen molar-refractivity contribution in [3.63, 3.8) is 0 Å². The molecule has 2 heterocycles. The standard InChI is InChI=1S/C33H37F4N5O7.HIS/c1-30(2,3)49-29(45)42-17-31(4,39-5)21-14-24(41-26(27(21)42)18-7-10-20(34)11-8-18)32(46,33(35,36)37)16-40-28(44)19-9-12-22(23(13-19)47-6)48-15-25(38)43;1-2/h7-14,39,46H,15-17H2,1-6H3,(H2,38,43)(H,40,44);2H/t31-,32?;/m1./s1. The van der Waals surface area contributed by atoms with Gasteiger partial charge in [-0.3, -0.25) is 14.5 Å². The number of nitrogens with two attached hydrogens (primary N) is 1. The first-order chi connectivity index (χ1) is 23.7. The average molecular weight is 852 g/mol. The van der Waals surface area contributed by atoms with Gasteiger partial charge in [0, 0.05) is 16.7 Å². The van der Waals surface area contributed by atoms with Gasteiger partial charge in [0.1, 0.15) is 11.4 Å². The molecule has 0 saturated heterocycles. The topological polar surface area (TPSA) is 165 Å². The lowest BCUT2D eigenvalue weighted by Crippen LogP contribution is -2.51. The third-order valence-electron chi connectivity index (χ3n) is 7.81. The molecule has 278 valence electrons. The molecule has 0 radical (unpaired) electrons. The molecule has 0 fully saturated rings. The Balaban J connectivity index is 0.00000345. The number of thiol groups is 1. The van der Waals surface area contributed by atoms with Gasteiger partial charge < -0.3 is 35.7 Å². The van der Waals surface area contributed by atoms with Gasteiger partial charge in [-0.1, -0.05) is 0 Å². The van der Waals surface area contributed by atoms with Gasteiger partial charge in [-0.05, 0) is 104 Å². The molecule has 18 heteroatoms. The number of alkyl halides is 3. The Labute approximate surface area is 309 Å². The Morgan fingerprint density at radius 1 is 1.08 bits per heavy atom. The molecular weight excluding hydrogens is 813 g/mol. The number of primary amides is 1. The van der Waals surface area contributed by atoms with Crippen LogP contribution < -0.4 is 30.7 Å². The van der Waals surface area contributed by atoms with Gasteiger partial charge in [-0.15, -0.1) is 9.80 Å². The predicted molar refractivity (Wildman–Crippen MR) is 193 cm³/mol. The number of carbonyl (C=O) groups is 3. The number of benzene rings is 2. The molecule has 3 amide bonds. The number of likely N-dealkylation sites (N-methyl/N-ethyl adjacent to an activating group) is 1. The number of carbonyl (C=O) groups excluding carboxylic acids is 3. The van der Waals surface area contributed by atoms with Crippen LogP contribution >= 0.6 is 31.0 Å². The minimum absolute atomic E-state index is 0.00916. The van der Waals surface area contributed by atoms with E-state index >= 15 is 0 Å². The number of aromatic nitrogens is 1. The second-order valence-corrected chi connectivity index (χ2v) is 12.6. The largest absolute Gasteiger partial charge is 0.493 e. The maximum Gasteiger partial charge on any atom is 0.424 e. The number of ether oxygens (including phenoxy) is 3. The van der Waals surface area contributed by atoms with Crippen molar-refractivity contribution in [3.8, 4) is 22.8 Å². The average Bonchev–Trinajstić information content (AvgIpc) is 3.38. The fourth-order valence-corrected chi connectivity index (χ4v) is 5.14. The minimum Gasteiger partial charge on any atom is -0.493 e. The fourth-order valence-electron chi connectivity index (χ4n) is 5.14. The number of fused-ring (bicyclic) bond motifs is 1. The normalized spacial score (nSPS) is 16.6. The highest BCUT2D eigenvalue weighted by molar-refractivity contribution is 14.2. The van der Waals surface area contributed by atoms with Crippen LogP contribution in [0.3, 0.4) is 0 Å². The number of pyridine rings is 1. The first kappa shape index (κ1) is 41.5. The molecule has 4 rings (SSSR count). The highest BCUT2D eigenvalue weighted by Gasteiger charge is 2.57. The monoisotopic (exact) mass is 851 g/mol. The summed E-state index contributed by atoms with van der Waals surface area (Å²) in [7, 11) is 6.30. The lowest BCUT2D eigenvalue weighted by molar-refractivity contribution is -0.265. The fraction of sp³-hybridized carbons (Fsp3) is 0.394. The van der Waals surface area contributed by atoms with Gasteiger partial charge in [0.2, 0.25) is 5.60 Å². The summed E-state index contributed by atoms with van der Waals surface area (Å²) in [6.45, 7) is 4.65. The summed E-state index contributed by atoms with van der Waals surface area (Å²) in [6, 6.07) is 9.39. The zero-order chi connectivity index (χ0) is 38.5. The highest BCUT2D eigenvalue weighted by Crippen LogP contribution is 2.48. The van der Waals surface area contributed by atoms with E-state index in [1.807, 2.05) is 21.2 Å². The molecule has 1 aromatic heterocycles. The molecule has 12 nitrogen and oxygen atoms in total. The molecule has 3 aromatic rings. The van der Waals surface area contributed by atoms with E-state index in [1.54, 1.807) is 34.7 Å². The summed E-state index contributed by atoms with van der Waals surface area (Å²) in [5.41, 5.74) is -1.56. The number of halogens is 5. The molecule has 5 N–H and O–H groups in total. The lowest BCUT2D eigenvalue weighted by Gasteiger charge is -2.32. The van der Waals surface area contributed by atoms with Crippen molar-refractivity contribution in [2.24, 2.45) is 5.73 Å². The highest BCUT2D eigenvalue weighted by atomic mass is 127. The third-order valence-corrected chi connectivity index (χ3v) is 7.81. The zero-order valence-corrected chi connectivity index (χ0v) is 31.5. The molecule has 0 saturated carbocycles. The number of hydrogen-bond acceptors (Lipinski definition) is 10. The van der Waals surface area contributed by atoms with Crippen molar-refractivity contribution in [1.29, 1.82) is 0 Å². The number of anilines is 1. The van der Waals surface area contributed by atoms with E-state index in [1.165, 1.54) is 42.3 Å². The van der Waals surface area contributed by atoms with E-state index in [9.17, 15) is 37.1 Å². The number of rotatable bonds is 10. The summed E-state index contributed by atoms with van der Waals surface area (Å²) in [5, 5.41) is 16.6. The first-order valence-electron chi connectivity index (χ1n) is 15.1. The molecule has 1 unspecified atom stereocenters. The molecule has 0 bridgehead atoms. The lowest BCUT2D eigenvalue weighted by atomic mass is 9.88. The quantitative estimate of drug-likeness (QED) is 0.102. The van der Waals surface area contributed by atoms with Crippen molar-refractivity contribution >= 4 is 54.6 Å². The number of hydrogen-bond donors (Lipinski definition) is 5. The van der Waals surface area contributed by atoms with Gasteiger partial charge >= 0.3 is 12.3 Å². The Hall–Kier alpha value is -3.88. The summed E-state index contributed by atoms with van der Waals surface area (Å²) in [5.74, 6) is -2.37. The Kier molecular flexibility index (Phi) is 13.2. The van der Waals surface area contributed by atoms with E-state index in [4.69, 9.17) is 19.9 Å². The number of nitrogens with one attached hydrogen (secondary N) is 2. The molecular formula is C33H38F4IN5O7S. The van der Waals surface area contributed by atoms with Gasteiger partial charge in [0.25, 0.3) is 11.8 Å². The first-order valence-corrected chi connectivity index (χ1v) is 18.3.